The van der Waals surface area contributed by atoms with Crippen molar-refractivity contribution in [3.05, 3.63) is 39.5 Å². The average Bonchev–Trinajstić information content (AvgIpc) is 2.80. The highest BCUT2D eigenvalue weighted by Crippen LogP contribution is 2.24. The summed E-state index contributed by atoms with van der Waals surface area (Å²) in [4.78, 5) is 19.6. The van der Waals surface area contributed by atoms with Crippen LogP contribution in [0.1, 0.15) is 27.4 Å². The van der Waals surface area contributed by atoms with E-state index in [2.05, 4.69) is 21.4 Å². The van der Waals surface area contributed by atoms with Crippen LogP contribution in [-0.2, 0) is 6.42 Å². The molecule has 1 N–H and O–H groups in total. The van der Waals surface area contributed by atoms with Crippen LogP contribution in [0, 0.1) is 13.8 Å². The van der Waals surface area contributed by atoms with Crippen molar-refractivity contribution >= 4 is 29.1 Å². The van der Waals surface area contributed by atoms with Crippen LogP contribution in [-0.4, -0.2) is 26.8 Å². The second kappa shape index (κ2) is 6.16. The number of thiophene rings is 1. The lowest BCUT2D eigenvalue weighted by Gasteiger charge is -2.08. The monoisotopic (exact) mass is 294 g/mol. The summed E-state index contributed by atoms with van der Waals surface area (Å²) in [5, 5.41) is 13.9. The fourth-order valence-corrected chi connectivity index (χ4v) is 3.54. The van der Waals surface area contributed by atoms with Crippen molar-refractivity contribution in [1.82, 2.24) is 9.97 Å². The van der Waals surface area contributed by atoms with Crippen LogP contribution in [0.2, 0.25) is 0 Å². The molecule has 0 fully saturated rings. The zero-order valence-corrected chi connectivity index (χ0v) is 12.3. The molecule has 0 aliphatic rings. The molecule has 0 saturated carbocycles. The Bertz CT molecular complexity index is 583. The van der Waals surface area contributed by atoms with E-state index in [4.69, 9.17) is 0 Å². The standard InChI is InChI=1S/C13H14N2O2S2/c1-8-11(13(16)17)12(15-9(2)14-8)19-6-4-10-3-5-18-7-10/h3,5,7H,4,6H2,1-2H3,(H,16,17). The number of carboxylic acids is 1. The van der Waals surface area contributed by atoms with Crippen molar-refractivity contribution in [3.63, 3.8) is 0 Å². The average molecular weight is 294 g/mol. The second-order valence-electron chi connectivity index (χ2n) is 4.07. The van der Waals surface area contributed by atoms with E-state index in [-0.39, 0.29) is 5.56 Å². The van der Waals surface area contributed by atoms with E-state index < -0.39 is 5.97 Å². The lowest BCUT2D eigenvalue weighted by Crippen LogP contribution is -2.08. The van der Waals surface area contributed by atoms with Gasteiger partial charge in [-0.15, -0.1) is 11.8 Å². The van der Waals surface area contributed by atoms with Gasteiger partial charge in [-0.1, -0.05) is 0 Å². The number of rotatable bonds is 5. The molecule has 100 valence electrons. The lowest BCUT2D eigenvalue weighted by molar-refractivity contribution is 0.0690. The van der Waals surface area contributed by atoms with Crippen LogP contribution in [0.25, 0.3) is 0 Å². The van der Waals surface area contributed by atoms with Crippen LogP contribution in [0.15, 0.2) is 21.9 Å². The number of nitrogens with zero attached hydrogens (tertiary/aromatic N) is 2. The maximum absolute atomic E-state index is 11.3. The summed E-state index contributed by atoms with van der Waals surface area (Å²) in [5.74, 6) is 0.462. The Hall–Kier alpha value is -1.40. The Morgan fingerprint density at radius 1 is 1.42 bits per heavy atom. The summed E-state index contributed by atoms with van der Waals surface area (Å²) < 4.78 is 0. The van der Waals surface area contributed by atoms with E-state index >= 15 is 0 Å². The number of carbonyl (C=O) groups is 1. The third kappa shape index (κ3) is 3.54. The lowest BCUT2D eigenvalue weighted by atomic mass is 10.2. The number of carboxylic acid groups (broad SMARTS) is 1. The van der Waals surface area contributed by atoms with Gasteiger partial charge < -0.3 is 5.11 Å². The summed E-state index contributed by atoms with van der Waals surface area (Å²) in [6.07, 6.45) is 0.912. The minimum atomic E-state index is -0.962. The minimum absolute atomic E-state index is 0.223. The predicted octanol–water partition coefficient (Wildman–Crippen LogP) is 3.19. The van der Waals surface area contributed by atoms with Crippen molar-refractivity contribution in [2.45, 2.75) is 25.3 Å². The molecule has 0 saturated heterocycles. The van der Waals surface area contributed by atoms with Gasteiger partial charge in [-0.3, -0.25) is 0 Å². The van der Waals surface area contributed by atoms with Gasteiger partial charge in [-0.25, -0.2) is 14.8 Å². The molecule has 0 unspecified atom stereocenters. The van der Waals surface area contributed by atoms with Gasteiger partial charge in [0.2, 0.25) is 0 Å². The second-order valence-corrected chi connectivity index (χ2v) is 5.94. The molecule has 2 aromatic heterocycles. The normalized spacial score (nSPS) is 10.6. The molecule has 0 aromatic carbocycles. The zero-order chi connectivity index (χ0) is 13.8. The molecule has 4 nitrogen and oxygen atoms in total. The number of thioether (sulfide) groups is 1. The molecule has 0 aliphatic heterocycles. The van der Waals surface area contributed by atoms with Gasteiger partial charge in [0.25, 0.3) is 0 Å². The molecule has 0 radical (unpaired) electrons. The molecule has 0 aliphatic carbocycles. The molecule has 0 amide bonds. The van der Waals surface area contributed by atoms with Crippen LogP contribution in [0.3, 0.4) is 0 Å². The maximum atomic E-state index is 11.3. The molecule has 2 heterocycles. The van der Waals surface area contributed by atoms with Crippen molar-refractivity contribution in [3.8, 4) is 0 Å². The SMILES string of the molecule is Cc1nc(C)c(C(=O)O)c(SCCc2ccsc2)n1. The number of aromatic nitrogens is 2. The van der Waals surface area contributed by atoms with E-state index in [9.17, 15) is 9.90 Å². The molecule has 0 atom stereocenters. The first-order valence-corrected chi connectivity index (χ1v) is 7.73. The Labute approximate surface area is 119 Å². The third-order valence-electron chi connectivity index (χ3n) is 2.59. The summed E-state index contributed by atoms with van der Waals surface area (Å²) in [6, 6.07) is 2.08. The molecule has 6 heteroatoms. The van der Waals surface area contributed by atoms with Crippen molar-refractivity contribution < 1.29 is 9.90 Å². The third-order valence-corrected chi connectivity index (χ3v) is 4.30. The van der Waals surface area contributed by atoms with Crippen LogP contribution in [0.5, 0.6) is 0 Å². The summed E-state index contributed by atoms with van der Waals surface area (Å²) >= 11 is 3.14. The first-order valence-electron chi connectivity index (χ1n) is 5.80. The molecule has 0 spiro atoms. The summed E-state index contributed by atoms with van der Waals surface area (Å²) in [6.45, 7) is 3.49. The quantitative estimate of drug-likeness (QED) is 0.678. The highest BCUT2D eigenvalue weighted by molar-refractivity contribution is 7.99. The van der Waals surface area contributed by atoms with Gasteiger partial charge in [-0.05, 0) is 42.7 Å². The number of aryl methyl sites for hydroxylation is 3. The summed E-state index contributed by atoms with van der Waals surface area (Å²) in [5.41, 5.74) is 2.02. The molecule has 19 heavy (non-hydrogen) atoms. The first-order chi connectivity index (χ1) is 9.08. The number of aromatic carboxylic acids is 1. The zero-order valence-electron chi connectivity index (χ0n) is 10.7. The van der Waals surface area contributed by atoms with Crippen LogP contribution < -0.4 is 0 Å². The predicted molar refractivity (Wildman–Crippen MR) is 77.2 cm³/mol. The van der Waals surface area contributed by atoms with Gasteiger partial charge in [0.15, 0.2) is 0 Å². The number of hydrogen-bond donors (Lipinski definition) is 1. The van der Waals surface area contributed by atoms with E-state index in [0.29, 0.717) is 16.5 Å². The smallest absolute Gasteiger partial charge is 0.340 e. The largest absolute Gasteiger partial charge is 0.478 e. The Morgan fingerprint density at radius 2 is 2.21 bits per heavy atom. The number of hydrogen-bond acceptors (Lipinski definition) is 5. The highest BCUT2D eigenvalue weighted by Gasteiger charge is 2.17. The van der Waals surface area contributed by atoms with Crippen molar-refractivity contribution in [2.75, 3.05) is 5.75 Å². The fourth-order valence-electron chi connectivity index (χ4n) is 1.73. The first kappa shape index (κ1) is 14.0. The van der Waals surface area contributed by atoms with Gasteiger partial charge in [-0.2, -0.15) is 11.3 Å². The van der Waals surface area contributed by atoms with Crippen LogP contribution >= 0.6 is 23.1 Å². The van der Waals surface area contributed by atoms with Gasteiger partial charge in [0.1, 0.15) is 16.4 Å². The Balaban J connectivity index is 2.12. The topological polar surface area (TPSA) is 63.1 Å². The maximum Gasteiger partial charge on any atom is 0.340 e. The van der Waals surface area contributed by atoms with Gasteiger partial charge >= 0.3 is 5.97 Å². The molecule has 2 aromatic rings. The van der Waals surface area contributed by atoms with E-state index in [0.717, 1.165) is 12.2 Å². The van der Waals surface area contributed by atoms with Gasteiger partial charge in [0.05, 0.1) is 5.69 Å². The van der Waals surface area contributed by atoms with Crippen LogP contribution in [0.4, 0.5) is 0 Å². The highest BCUT2D eigenvalue weighted by atomic mass is 32.2. The van der Waals surface area contributed by atoms with E-state index in [1.165, 1.54) is 17.3 Å². The fraction of sp³-hybridized carbons (Fsp3) is 0.308. The Kier molecular flexibility index (Phi) is 4.55. The molecular formula is C13H14N2O2S2. The van der Waals surface area contributed by atoms with E-state index in [1.54, 1.807) is 25.2 Å². The molecular weight excluding hydrogens is 280 g/mol. The van der Waals surface area contributed by atoms with Crippen molar-refractivity contribution in [2.24, 2.45) is 0 Å². The van der Waals surface area contributed by atoms with Gasteiger partial charge in [0, 0.05) is 5.75 Å². The molecule has 0 bridgehead atoms. The van der Waals surface area contributed by atoms with E-state index in [1.807, 2.05) is 5.38 Å². The Morgan fingerprint density at radius 3 is 2.84 bits per heavy atom. The minimum Gasteiger partial charge on any atom is -0.478 e. The molecule has 2 rings (SSSR count). The van der Waals surface area contributed by atoms with Crippen molar-refractivity contribution in [1.29, 1.82) is 0 Å². The summed E-state index contributed by atoms with van der Waals surface area (Å²) in [7, 11) is 0.